The van der Waals surface area contributed by atoms with Crippen molar-refractivity contribution >= 4 is 28.6 Å². The fourth-order valence-corrected chi connectivity index (χ4v) is 2.58. The van der Waals surface area contributed by atoms with Gasteiger partial charge in [-0.2, -0.15) is 0 Å². The van der Waals surface area contributed by atoms with Crippen molar-refractivity contribution in [2.24, 2.45) is 0 Å². The highest BCUT2D eigenvalue weighted by Crippen LogP contribution is 2.26. The van der Waals surface area contributed by atoms with E-state index < -0.39 is 5.97 Å². The SMILES string of the molecule is CCc1nc2cccc(C(=O)O)c2n1-c1ccc(Cl)cc1. The molecule has 21 heavy (non-hydrogen) atoms. The van der Waals surface area contributed by atoms with Crippen molar-refractivity contribution in [1.82, 2.24) is 9.55 Å². The molecule has 1 aromatic heterocycles. The Bertz CT molecular complexity index is 822. The maximum absolute atomic E-state index is 11.5. The summed E-state index contributed by atoms with van der Waals surface area (Å²) in [5.41, 5.74) is 2.40. The molecule has 0 saturated carbocycles. The predicted octanol–water partition coefficient (Wildman–Crippen LogP) is 3.94. The van der Waals surface area contributed by atoms with Crippen LogP contribution in [0.25, 0.3) is 16.7 Å². The van der Waals surface area contributed by atoms with Gasteiger partial charge in [-0.05, 0) is 36.4 Å². The number of carboxylic acid groups (broad SMARTS) is 1. The van der Waals surface area contributed by atoms with Crippen molar-refractivity contribution < 1.29 is 9.90 Å². The molecule has 1 N–H and O–H groups in total. The lowest BCUT2D eigenvalue weighted by Crippen LogP contribution is -2.04. The lowest BCUT2D eigenvalue weighted by molar-refractivity contribution is 0.0698. The molecule has 5 heteroatoms. The van der Waals surface area contributed by atoms with Crippen molar-refractivity contribution in [3.05, 3.63) is 58.9 Å². The predicted molar refractivity (Wildman–Crippen MR) is 82.4 cm³/mol. The number of carbonyl (C=O) groups is 1. The molecule has 1 heterocycles. The molecule has 0 bridgehead atoms. The van der Waals surface area contributed by atoms with Crippen molar-refractivity contribution in [1.29, 1.82) is 0 Å². The van der Waals surface area contributed by atoms with Crippen molar-refractivity contribution in [2.75, 3.05) is 0 Å². The van der Waals surface area contributed by atoms with Gasteiger partial charge in [-0.3, -0.25) is 4.57 Å². The van der Waals surface area contributed by atoms with E-state index in [4.69, 9.17) is 11.6 Å². The van der Waals surface area contributed by atoms with Crippen LogP contribution in [0.4, 0.5) is 0 Å². The van der Waals surface area contributed by atoms with Gasteiger partial charge in [0.05, 0.1) is 16.6 Å². The van der Waals surface area contributed by atoms with Crippen molar-refractivity contribution in [3.63, 3.8) is 0 Å². The van der Waals surface area contributed by atoms with Gasteiger partial charge in [0.15, 0.2) is 0 Å². The van der Waals surface area contributed by atoms with Crippen molar-refractivity contribution in [2.45, 2.75) is 13.3 Å². The Kier molecular flexibility index (Phi) is 3.39. The highest BCUT2D eigenvalue weighted by Gasteiger charge is 2.17. The molecule has 0 atom stereocenters. The summed E-state index contributed by atoms with van der Waals surface area (Å²) in [7, 11) is 0. The maximum atomic E-state index is 11.5. The van der Waals surface area contributed by atoms with Crippen LogP contribution in [-0.4, -0.2) is 20.6 Å². The van der Waals surface area contributed by atoms with E-state index in [1.165, 1.54) is 0 Å². The minimum Gasteiger partial charge on any atom is -0.478 e. The minimum atomic E-state index is -0.960. The van der Waals surface area contributed by atoms with E-state index in [0.29, 0.717) is 22.5 Å². The van der Waals surface area contributed by atoms with Gasteiger partial charge in [0.2, 0.25) is 0 Å². The van der Waals surface area contributed by atoms with Gasteiger partial charge in [-0.15, -0.1) is 0 Å². The monoisotopic (exact) mass is 300 g/mol. The third-order valence-corrected chi connectivity index (χ3v) is 3.63. The number of nitrogens with zero attached hydrogens (tertiary/aromatic N) is 2. The molecule has 2 aromatic carbocycles. The Morgan fingerprint density at radius 1 is 1.24 bits per heavy atom. The second-order valence-electron chi connectivity index (χ2n) is 4.67. The van der Waals surface area contributed by atoms with Crippen LogP contribution in [0.1, 0.15) is 23.1 Å². The fraction of sp³-hybridized carbons (Fsp3) is 0.125. The maximum Gasteiger partial charge on any atom is 0.337 e. The first-order valence-corrected chi connectivity index (χ1v) is 6.99. The lowest BCUT2D eigenvalue weighted by Gasteiger charge is -2.09. The zero-order valence-electron chi connectivity index (χ0n) is 11.4. The van der Waals surface area contributed by atoms with Gasteiger partial charge in [0.1, 0.15) is 5.82 Å². The Balaban J connectivity index is 2.38. The van der Waals surface area contributed by atoms with Gasteiger partial charge < -0.3 is 5.11 Å². The first kappa shape index (κ1) is 13.6. The summed E-state index contributed by atoms with van der Waals surface area (Å²) in [5.74, 6) is -0.139. The number of benzene rings is 2. The van der Waals surface area contributed by atoms with Crippen LogP contribution in [0, 0.1) is 0 Å². The number of hydrogen-bond donors (Lipinski definition) is 1. The van der Waals surface area contributed by atoms with Gasteiger partial charge >= 0.3 is 5.97 Å². The van der Waals surface area contributed by atoms with Gasteiger partial charge in [-0.25, -0.2) is 9.78 Å². The number of imidazole rings is 1. The zero-order valence-corrected chi connectivity index (χ0v) is 12.1. The standard InChI is InChI=1S/C16H13ClN2O2/c1-2-14-18-13-5-3-4-12(16(20)21)15(13)19(14)11-8-6-10(17)7-9-11/h3-9H,2H2,1H3,(H,20,21). The number of rotatable bonds is 3. The molecule has 0 fully saturated rings. The van der Waals surface area contributed by atoms with E-state index in [-0.39, 0.29) is 5.56 Å². The normalized spacial score (nSPS) is 11.0. The summed E-state index contributed by atoms with van der Waals surface area (Å²) >= 11 is 5.93. The average Bonchev–Trinajstić information content (AvgIpc) is 2.86. The first-order valence-electron chi connectivity index (χ1n) is 6.61. The van der Waals surface area contributed by atoms with Crippen LogP contribution in [0.3, 0.4) is 0 Å². The fourth-order valence-electron chi connectivity index (χ4n) is 2.45. The number of fused-ring (bicyclic) bond motifs is 1. The molecule has 0 unspecified atom stereocenters. The molecular weight excluding hydrogens is 288 g/mol. The summed E-state index contributed by atoms with van der Waals surface area (Å²) in [5, 5.41) is 10.1. The second kappa shape index (κ2) is 5.22. The molecule has 106 valence electrons. The number of aromatic nitrogens is 2. The number of aromatic carboxylic acids is 1. The molecule has 0 aliphatic carbocycles. The van der Waals surface area contributed by atoms with E-state index >= 15 is 0 Å². The van der Waals surface area contributed by atoms with E-state index in [1.807, 2.05) is 29.7 Å². The highest BCUT2D eigenvalue weighted by atomic mass is 35.5. The molecular formula is C16H13ClN2O2. The number of halogens is 1. The molecule has 0 aliphatic rings. The van der Waals surface area contributed by atoms with E-state index in [1.54, 1.807) is 24.3 Å². The molecule has 3 rings (SSSR count). The van der Waals surface area contributed by atoms with Crippen molar-refractivity contribution in [3.8, 4) is 5.69 Å². The molecule has 0 saturated heterocycles. The Labute approximate surface area is 126 Å². The van der Waals surface area contributed by atoms with Gasteiger partial charge in [-0.1, -0.05) is 24.6 Å². The van der Waals surface area contributed by atoms with E-state index in [2.05, 4.69) is 4.98 Å². The highest BCUT2D eigenvalue weighted by molar-refractivity contribution is 6.30. The Morgan fingerprint density at radius 2 is 1.95 bits per heavy atom. The second-order valence-corrected chi connectivity index (χ2v) is 5.11. The Morgan fingerprint density at radius 3 is 2.57 bits per heavy atom. The summed E-state index contributed by atoms with van der Waals surface area (Å²) in [6.45, 7) is 1.99. The van der Waals surface area contributed by atoms with Crippen LogP contribution < -0.4 is 0 Å². The number of hydrogen-bond acceptors (Lipinski definition) is 2. The third kappa shape index (κ3) is 2.28. The molecule has 3 aromatic rings. The molecule has 0 amide bonds. The number of aryl methyl sites for hydroxylation is 1. The summed E-state index contributed by atoms with van der Waals surface area (Å²) in [6.07, 6.45) is 0.705. The summed E-state index contributed by atoms with van der Waals surface area (Å²) in [6, 6.07) is 12.4. The first-order chi connectivity index (χ1) is 10.1. The largest absolute Gasteiger partial charge is 0.478 e. The quantitative estimate of drug-likeness (QED) is 0.797. The average molecular weight is 301 g/mol. The smallest absolute Gasteiger partial charge is 0.337 e. The minimum absolute atomic E-state index is 0.245. The van der Waals surface area contributed by atoms with Gasteiger partial charge in [0.25, 0.3) is 0 Å². The molecule has 0 spiro atoms. The summed E-state index contributed by atoms with van der Waals surface area (Å²) in [4.78, 5) is 16.0. The van der Waals surface area contributed by atoms with E-state index in [9.17, 15) is 9.90 Å². The molecule has 0 aliphatic heterocycles. The van der Waals surface area contributed by atoms with Crippen LogP contribution in [-0.2, 0) is 6.42 Å². The Hall–Kier alpha value is -2.33. The van der Waals surface area contributed by atoms with Crippen LogP contribution in [0.2, 0.25) is 5.02 Å². The molecule has 0 radical (unpaired) electrons. The van der Waals surface area contributed by atoms with Crippen LogP contribution in [0.5, 0.6) is 0 Å². The number of carboxylic acids is 1. The van der Waals surface area contributed by atoms with E-state index in [0.717, 1.165) is 11.5 Å². The van der Waals surface area contributed by atoms with Gasteiger partial charge in [0, 0.05) is 17.1 Å². The number of para-hydroxylation sites is 1. The third-order valence-electron chi connectivity index (χ3n) is 3.38. The molecule has 4 nitrogen and oxygen atoms in total. The van der Waals surface area contributed by atoms with Crippen LogP contribution in [0.15, 0.2) is 42.5 Å². The van der Waals surface area contributed by atoms with Crippen LogP contribution >= 0.6 is 11.6 Å². The topological polar surface area (TPSA) is 55.1 Å². The summed E-state index contributed by atoms with van der Waals surface area (Å²) < 4.78 is 1.88. The lowest BCUT2D eigenvalue weighted by atomic mass is 10.1. The zero-order chi connectivity index (χ0) is 15.0.